The Bertz CT molecular complexity index is 718. The minimum Gasteiger partial charge on any atom is -0.379 e. The van der Waals surface area contributed by atoms with Crippen molar-refractivity contribution >= 4 is 22.9 Å². The van der Waals surface area contributed by atoms with Crippen LogP contribution in [0.25, 0.3) is 0 Å². The second kappa shape index (κ2) is 7.59. The van der Waals surface area contributed by atoms with E-state index in [1.165, 1.54) is 24.2 Å². The maximum atomic E-state index is 12.7. The average molecular weight is 359 g/mol. The molecule has 4 rings (SSSR count). The molecule has 1 N–H and O–H groups in total. The maximum absolute atomic E-state index is 12.7. The first-order valence-electron chi connectivity index (χ1n) is 8.66. The summed E-state index contributed by atoms with van der Waals surface area (Å²) >= 11 is 1.33. The van der Waals surface area contributed by atoms with E-state index in [4.69, 9.17) is 9.47 Å². The van der Waals surface area contributed by atoms with Gasteiger partial charge in [-0.3, -0.25) is 4.79 Å². The van der Waals surface area contributed by atoms with Gasteiger partial charge in [-0.2, -0.15) is 0 Å². The van der Waals surface area contributed by atoms with Crippen molar-refractivity contribution in [3.63, 3.8) is 0 Å². The van der Waals surface area contributed by atoms with Gasteiger partial charge in [0.1, 0.15) is 5.82 Å². The quantitative estimate of drug-likeness (QED) is 0.767. The Morgan fingerprint density at radius 2 is 2.24 bits per heavy atom. The third kappa shape index (κ3) is 4.05. The summed E-state index contributed by atoms with van der Waals surface area (Å²) in [7, 11) is 0. The third-order valence-electron chi connectivity index (χ3n) is 4.54. The number of hydrogen-bond donors (Lipinski definition) is 1. The first kappa shape index (κ1) is 16.6. The van der Waals surface area contributed by atoms with Crippen LogP contribution < -0.4 is 5.32 Å². The monoisotopic (exact) mass is 359 g/mol. The minimum absolute atomic E-state index is 0.00903. The second-order valence-corrected chi connectivity index (χ2v) is 7.39. The van der Waals surface area contributed by atoms with E-state index in [-0.39, 0.29) is 17.9 Å². The van der Waals surface area contributed by atoms with Crippen molar-refractivity contribution in [1.29, 1.82) is 0 Å². The van der Waals surface area contributed by atoms with Gasteiger partial charge in [0.2, 0.25) is 5.78 Å². The van der Waals surface area contributed by atoms with Gasteiger partial charge in [0.15, 0.2) is 5.01 Å². The van der Waals surface area contributed by atoms with E-state index in [0.717, 1.165) is 18.9 Å². The van der Waals surface area contributed by atoms with Gasteiger partial charge < -0.3 is 14.8 Å². The fraction of sp³-hybridized carbons (Fsp3) is 0.500. The molecule has 132 valence electrons. The summed E-state index contributed by atoms with van der Waals surface area (Å²) in [5, 5.41) is 5.65. The van der Waals surface area contributed by atoms with Crippen molar-refractivity contribution in [3.8, 4) is 0 Å². The first-order chi connectivity index (χ1) is 12.3. The largest absolute Gasteiger partial charge is 0.379 e. The maximum Gasteiger partial charge on any atom is 0.225 e. The number of nitrogens with one attached hydrogen (secondary N) is 1. The molecule has 0 spiro atoms. The Morgan fingerprint density at radius 1 is 1.32 bits per heavy atom. The van der Waals surface area contributed by atoms with Gasteiger partial charge in [0, 0.05) is 31.0 Å². The highest BCUT2D eigenvalue weighted by Gasteiger charge is 2.31. The van der Waals surface area contributed by atoms with Gasteiger partial charge in [0.05, 0.1) is 24.3 Å². The molecule has 2 aromatic rings. The molecule has 2 fully saturated rings. The summed E-state index contributed by atoms with van der Waals surface area (Å²) in [5.74, 6) is 1.18. The highest BCUT2D eigenvalue weighted by molar-refractivity contribution is 7.11. The van der Waals surface area contributed by atoms with Gasteiger partial charge >= 0.3 is 0 Å². The lowest BCUT2D eigenvalue weighted by Gasteiger charge is -2.32. The lowest BCUT2D eigenvalue weighted by atomic mass is 10.1. The summed E-state index contributed by atoms with van der Waals surface area (Å²) < 4.78 is 11.7. The van der Waals surface area contributed by atoms with Crippen molar-refractivity contribution in [2.24, 2.45) is 5.92 Å². The van der Waals surface area contributed by atoms with Gasteiger partial charge in [-0.05, 0) is 37.3 Å². The molecule has 0 radical (unpaired) electrons. The molecular formula is C18H21N3O3S. The summed E-state index contributed by atoms with van der Waals surface area (Å²) in [6.45, 7) is 2.08. The van der Waals surface area contributed by atoms with E-state index in [1.54, 1.807) is 29.9 Å². The molecular weight excluding hydrogens is 338 g/mol. The Labute approximate surface area is 150 Å². The van der Waals surface area contributed by atoms with Crippen LogP contribution in [0.5, 0.6) is 0 Å². The Hall–Kier alpha value is -1.83. The lowest BCUT2D eigenvalue weighted by Crippen LogP contribution is -2.44. The summed E-state index contributed by atoms with van der Waals surface area (Å²) in [5.41, 5.74) is 0.531. The molecule has 0 unspecified atom stereocenters. The predicted molar refractivity (Wildman–Crippen MR) is 95.1 cm³/mol. The van der Waals surface area contributed by atoms with E-state index in [1.807, 2.05) is 0 Å². The number of thiazole rings is 1. The molecule has 2 aliphatic rings. The van der Waals surface area contributed by atoms with Gasteiger partial charge in [-0.15, -0.1) is 11.3 Å². The summed E-state index contributed by atoms with van der Waals surface area (Å²) in [6.07, 6.45) is 6.80. The van der Waals surface area contributed by atoms with Crippen molar-refractivity contribution < 1.29 is 14.3 Å². The highest BCUT2D eigenvalue weighted by Crippen LogP contribution is 2.30. The number of pyridine rings is 1. The van der Waals surface area contributed by atoms with Gasteiger partial charge in [-0.1, -0.05) is 0 Å². The number of hydrogen-bond acceptors (Lipinski definition) is 7. The number of nitrogens with zero attached hydrogens (tertiary/aromatic N) is 2. The molecule has 1 aliphatic carbocycles. The fourth-order valence-corrected chi connectivity index (χ4v) is 3.52. The van der Waals surface area contributed by atoms with Crippen LogP contribution in [0.3, 0.4) is 0 Å². The molecule has 0 bridgehead atoms. The highest BCUT2D eigenvalue weighted by atomic mass is 32.1. The first-order valence-corrected chi connectivity index (χ1v) is 9.54. The van der Waals surface area contributed by atoms with E-state index in [2.05, 4.69) is 15.3 Å². The number of rotatable bonds is 7. The summed E-state index contributed by atoms with van der Waals surface area (Å²) in [6, 6.07) is 3.54. The number of ketones is 1. The van der Waals surface area contributed by atoms with Gasteiger partial charge in [0.25, 0.3) is 0 Å². The van der Waals surface area contributed by atoms with E-state index in [9.17, 15) is 4.79 Å². The van der Waals surface area contributed by atoms with E-state index in [0.29, 0.717) is 29.6 Å². The van der Waals surface area contributed by atoms with Crippen molar-refractivity contribution in [3.05, 3.63) is 40.5 Å². The van der Waals surface area contributed by atoms with Crippen LogP contribution in [-0.4, -0.2) is 47.7 Å². The van der Waals surface area contributed by atoms with Crippen LogP contribution in [0.4, 0.5) is 5.82 Å². The Kier molecular flexibility index (Phi) is 5.05. The number of carbonyl (C=O) groups excluding carboxylic acids is 1. The Morgan fingerprint density at radius 3 is 3.04 bits per heavy atom. The van der Waals surface area contributed by atoms with Crippen LogP contribution in [0.1, 0.15) is 34.6 Å². The summed E-state index contributed by atoms with van der Waals surface area (Å²) in [4.78, 5) is 21.2. The SMILES string of the molecule is O=C(c1nccs1)c1cccnc1N[C@@H]1COCC[C@@H]1OCC1CC1. The molecule has 3 heterocycles. The molecule has 0 aromatic carbocycles. The average Bonchev–Trinajstić information content (AvgIpc) is 3.32. The Balaban J connectivity index is 1.49. The molecule has 2 aromatic heterocycles. The zero-order chi connectivity index (χ0) is 17.1. The third-order valence-corrected chi connectivity index (χ3v) is 5.31. The number of aromatic nitrogens is 2. The van der Waals surface area contributed by atoms with Gasteiger partial charge in [-0.25, -0.2) is 9.97 Å². The standard InChI is InChI=1S/C18H21N3O3S/c22-16(18-20-7-9-25-18)13-2-1-6-19-17(13)21-14-11-23-8-5-15(14)24-10-12-3-4-12/h1-2,6-7,9,12,14-15H,3-5,8,10-11H2,(H,19,21)/t14-,15+/m1/s1. The van der Waals surface area contributed by atoms with Crippen molar-refractivity contribution in [2.45, 2.75) is 31.4 Å². The molecule has 0 amide bonds. The topological polar surface area (TPSA) is 73.3 Å². The smallest absolute Gasteiger partial charge is 0.225 e. The zero-order valence-electron chi connectivity index (χ0n) is 13.9. The van der Waals surface area contributed by atoms with Crippen molar-refractivity contribution in [1.82, 2.24) is 9.97 Å². The second-order valence-electron chi connectivity index (χ2n) is 6.50. The molecule has 2 atom stereocenters. The van der Waals surface area contributed by atoms with Crippen LogP contribution in [0.15, 0.2) is 29.9 Å². The number of anilines is 1. The van der Waals surface area contributed by atoms with Crippen LogP contribution >= 0.6 is 11.3 Å². The molecule has 6 nitrogen and oxygen atoms in total. The minimum atomic E-state index is -0.113. The van der Waals surface area contributed by atoms with Crippen LogP contribution in [0, 0.1) is 5.92 Å². The normalized spacial score (nSPS) is 23.4. The molecule has 7 heteroatoms. The van der Waals surface area contributed by atoms with E-state index >= 15 is 0 Å². The lowest BCUT2D eigenvalue weighted by molar-refractivity contribution is -0.0439. The fourth-order valence-electron chi connectivity index (χ4n) is 2.93. The van der Waals surface area contributed by atoms with E-state index < -0.39 is 0 Å². The molecule has 25 heavy (non-hydrogen) atoms. The van der Waals surface area contributed by atoms with Crippen LogP contribution in [-0.2, 0) is 9.47 Å². The number of carbonyl (C=O) groups is 1. The predicted octanol–water partition coefficient (Wildman–Crippen LogP) is 2.77. The molecule has 1 aliphatic heterocycles. The van der Waals surface area contributed by atoms with Crippen molar-refractivity contribution in [2.75, 3.05) is 25.1 Å². The zero-order valence-corrected chi connectivity index (χ0v) is 14.7. The molecule has 1 saturated carbocycles. The number of ether oxygens (including phenoxy) is 2. The molecule has 1 saturated heterocycles. The van der Waals surface area contributed by atoms with Crippen LogP contribution in [0.2, 0.25) is 0 Å².